The Morgan fingerprint density at radius 2 is 1.96 bits per heavy atom. The van der Waals surface area contributed by atoms with Gasteiger partial charge in [-0.25, -0.2) is 9.59 Å². The lowest BCUT2D eigenvalue weighted by Crippen LogP contribution is -2.40. The zero-order valence-corrected chi connectivity index (χ0v) is 14.4. The van der Waals surface area contributed by atoms with Gasteiger partial charge in [0.2, 0.25) is 0 Å². The van der Waals surface area contributed by atoms with Crippen LogP contribution in [0.5, 0.6) is 0 Å². The maximum absolute atomic E-state index is 12.5. The molecule has 2 aliphatic heterocycles. The summed E-state index contributed by atoms with van der Waals surface area (Å²) in [6.07, 6.45) is 3.76. The standard InChI is InChI=1S/C18H23N3O4/c1-2-3-4-7-10-19-17(23)25-21-16(22)15-11-13-8-5-6-9-14(13)12-20(15)18(21)24/h5-6,8-9,15H,2-4,7,10-12H2,1H3,(H,19,23). The molecule has 0 aliphatic carbocycles. The number of benzene rings is 1. The molecule has 25 heavy (non-hydrogen) atoms. The number of carbonyl (C=O) groups excluding carboxylic acids is 3. The Morgan fingerprint density at radius 1 is 1.20 bits per heavy atom. The van der Waals surface area contributed by atoms with Gasteiger partial charge in [0.05, 0.1) is 0 Å². The Hall–Kier alpha value is -2.57. The average Bonchev–Trinajstić information content (AvgIpc) is 2.84. The summed E-state index contributed by atoms with van der Waals surface area (Å²) >= 11 is 0. The molecule has 4 amide bonds. The molecule has 1 N–H and O–H groups in total. The smallest absolute Gasteiger partial charge is 0.320 e. The monoisotopic (exact) mass is 345 g/mol. The quantitative estimate of drug-likeness (QED) is 0.635. The number of unbranched alkanes of at least 4 members (excludes halogenated alkanes) is 3. The Bertz CT molecular complexity index is 633. The van der Waals surface area contributed by atoms with Crippen LogP contribution in [0.25, 0.3) is 0 Å². The fraction of sp³-hybridized carbons (Fsp3) is 0.500. The normalized spacial score (nSPS) is 18.8. The highest BCUT2D eigenvalue weighted by atomic mass is 16.7. The van der Waals surface area contributed by atoms with E-state index in [4.69, 9.17) is 4.84 Å². The van der Waals surface area contributed by atoms with Crippen molar-refractivity contribution in [3.8, 4) is 0 Å². The van der Waals surface area contributed by atoms with E-state index in [9.17, 15) is 14.4 Å². The van der Waals surface area contributed by atoms with Crippen molar-refractivity contribution in [3.63, 3.8) is 0 Å². The van der Waals surface area contributed by atoms with Gasteiger partial charge in [-0.3, -0.25) is 4.79 Å². The summed E-state index contributed by atoms with van der Waals surface area (Å²) in [7, 11) is 0. The minimum atomic E-state index is -0.768. The van der Waals surface area contributed by atoms with Gasteiger partial charge < -0.3 is 15.1 Å². The molecule has 134 valence electrons. The van der Waals surface area contributed by atoms with Crippen LogP contribution < -0.4 is 5.32 Å². The van der Waals surface area contributed by atoms with Gasteiger partial charge in [0.1, 0.15) is 6.04 Å². The Labute approximate surface area is 146 Å². The molecule has 7 heteroatoms. The molecule has 1 aromatic carbocycles. The lowest BCUT2D eigenvalue weighted by Gasteiger charge is -2.28. The second kappa shape index (κ2) is 7.55. The topological polar surface area (TPSA) is 79.0 Å². The Balaban J connectivity index is 1.57. The number of urea groups is 1. The van der Waals surface area contributed by atoms with Crippen molar-refractivity contribution in [3.05, 3.63) is 35.4 Å². The second-order valence-corrected chi connectivity index (χ2v) is 6.40. The fourth-order valence-corrected chi connectivity index (χ4v) is 3.23. The van der Waals surface area contributed by atoms with Gasteiger partial charge in [0.25, 0.3) is 5.91 Å². The molecule has 0 bridgehead atoms. The van der Waals surface area contributed by atoms with Crippen LogP contribution in [0, 0.1) is 0 Å². The number of imide groups is 1. The number of rotatable bonds is 6. The summed E-state index contributed by atoms with van der Waals surface area (Å²) in [4.78, 5) is 43.2. The molecular formula is C18H23N3O4. The van der Waals surface area contributed by atoms with E-state index in [2.05, 4.69) is 12.2 Å². The number of nitrogens with one attached hydrogen (secondary N) is 1. The van der Waals surface area contributed by atoms with E-state index < -0.39 is 24.1 Å². The fourth-order valence-electron chi connectivity index (χ4n) is 3.23. The third-order valence-corrected chi connectivity index (χ3v) is 4.63. The number of hydrogen-bond acceptors (Lipinski definition) is 4. The lowest BCUT2D eigenvalue weighted by molar-refractivity contribution is -0.149. The number of hydrogen-bond donors (Lipinski definition) is 1. The second-order valence-electron chi connectivity index (χ2n) is 6.40. The molecule has 1 saturated heterocycles. The van der Waals surface area contributed by atoms with Crippen LogP contribution in [-0.4, -0.2) is 40.6 Å². The van der Waals surface area contributed by atoms with E-state index in [1.807, 2.05) is 24.3 Å². The van der Waals surface area contributed by atoms with Crippen LogP contribution in [-0.2, 0) is 22.6 Å². The predicted octanol–water partition coefficient (Wildman–Crippen LogP) is 2.60. The molecule has 1 aromatic rings. The molecule has 0 radical (unpaired) electrons. The third kappa shape index (κ3) is 3.60. The van der Waals surface area contributed by atoms with Crippen LogP contribution in [0.4, 0.5) is 9.59 Å². The van der Waals surface area contributed by atoms with Crippen molar-refractivity contribution >= 4 is 18.0 Å². The van der Waals surface area contributed by atoms with Crippen LogP contribution in [0.3, 0.4) is 0 Å². The largest absolute Gasteiger partial charge is 0.432 e. The number of fused-ring (bicyclic) bond motifs is 2. The van der Waals surface area contributed by atoms with Gasteiger partial charge >= 0.3 is 12.1 Å². The van der Waals surface area contributed by atoms with Gasteiger partial charge in [0, 0.05) is 19.5 Å². The van der Waals surface area contributed by atoms with Crippen molar-refractivity contribution in [2.24, 2.45) is 0 Å². The van der Waals surface area contributed by atoms with E-state index in [0.717, 1.165) is 36.8 Å². The highest BCUT2D eigenvalue weighted by Crippen LogP contribution is 2.30. The molecule has 1 atom stereocenters. The Kier molecular flexibility index (Phi) is 5.21. The van der Waals surface area contributed by atoms with E-state index in [1.165, 1.54) is 4.90 Å². The molecule has 1 fully saturated rings. The number of hydroxylamine groups is 2. The molecule has 1 unspecified atom stereocenters. The first-order chi connectivity index (χ1) is 12.1. The minimum Gasteiger partial charge on any atom is -0.320 e. The molecule has 2 heterocycles. The summed E-state index contributed by atoms with van der Waals surface area (Å²) in [5.74, 6) is -0.486. The van der Waals surface area contributed by atoms with Crippen LogP contribution >= 0.6 is 0 Å². The highest BCUT2D eigenvalue weighted by molar-refractivity contribution is 6.04. The first-order valence-corrected chi connectivity index (χ1v) is 8.79. The zero-order chi connectivity index (χ0) is 17.8. The maximum atomic E-state index is 12.5. The summed E-state index contributed by atoms with van der Waals surface area (Å²) in [5, 5.41) is 3.18. The third-order valence-electron chi connectivity index (χ3n) is 4.63. The molecule has 0 spiro atoms. The first-order valence-electron chi connectivity index (χ1n) is 8.79. The van der Waals surface area contributed by atoms with Gasteiger partial charge in [-0.2, -0.15) is 0 Å². The maximum Gasteiger partial charge on any atom is 0.432 e. The van der Waals surface area contributed by atoms with Crippen molar-refractivity contribution in [2.75, 3.05) is 6.54 Å². The summed E-state index contributed by atoms with van der Waals surface area (Å²) in [5.41, 5.74) is 2.06. The summed E-state index contributed by atoms with van der Waals surface area (Å²) in [6.45, 7) is 2.93. The van der Waals surface area contributed by atoms with E-state index in [1.54, 1.807) is 0 Å². The van der Waals surface area contributed by atoms with Crippen molar-refractivity contribution < 1.29 is 19.2 Å². The predicted molar refractivity (Wildman–Crippen MR) is 90.3 cm³/mol. The van der Waals surface area contributed by atoms with Crippen molar-refractivity contribution in [1.29, 1.82) is 0 Å². The minimum absolute atomic E-state index is 0.351. The van der Waals surface area contributed by atoms with Gasteiger partial charge in [-0.15, -0.1) is 0 Å². The average molecular weight is 345 g/mol. The molecular weight excluding hydrogens is 322 g/mol. The summed E-state index contributed by atoms with van der Waals surface area (Å²) in [6, 6.07) is 6.54. The van der Waals surface area contributed by atoms with Crippen LogP contribution in [0.1, 0.15) is 43.7 Å². The van der Waals surface area contributed by atoms with E-state index in [0.29, 0.717) is 24.6 Å². The molecule has 3 rings (SSSR count). The Morgan fingerprint density at radius 3 is 2.72 bits per heavy atom. The number of nitrogens with zero attached hydrogens (tertiary/aromatic N) is 2. The summed E-state index contributed by atoms with van der Waals surface area (Å²) < 4.78 is 0. The van der Waals surface area contributed by atoms with Crippen LogP contribution in [0.2, 0.25) is 0 Å². The molecule has 7 nitrogen and oxygen atoms in total. The number of amides is 4. The molecule has 0 aromatic heterocycles. The molecule has 2 aliphatic rings. The highest BCUT2D eigenvalue weighted by Gasteiger charge is 2.49. The van der Waals surface area contributed by atoms with Crippen LogP contribution in [0.15, 0.2) is 24.3 Å². The first kappa shape index (κ1) is 17.3. The van der Waals surface area contributed by atoms with E-state index in [-0.39, 0.29) is 0 Å². The van der Waals surface area contributed by atoms with Gasteiger partial charge in [0.15, 0.2) is 0 Å². The van der Waals surface area contributed by atoms with E-state index >= 15 is 0 Å². The zero-order valence-electron chi connectivity index (χ0n) is 14.4. The van der Waals surface area contributed by atoms with Gasteiger partial charge in [-0.05, 0) is 17.5 Å². The lowest BCUT2D eigenvalue weighted by atomic mass is 9.95. The number of carbonyl (C=O) groups is 3. The van der Waals surface area contributed by atoms with Gasteiger partial charge in [-0.1, -0.05) is 55.5 Å². The SMILES string of the molecule is CCCCCCNC(=O)ON1C(=O)C2Cc3ccccc3CN2C1=O. The molecule has 0 saturated carbocycles. The van der Waals surface area contributed by atoms with Crippen molar-refractivity contribution in [2.45, 2.75) is 51.6 Å². The van der Waals surface area contributed by atoms with Crippen molar-refractivity contribution in [1.82, 2.24) is 15.3 Å².